The number of carbonyl (C=O) groups excluding carboxylic acids is 1. The highest BCUT2D eigenvalue weighted by molar-refractivity contribution is 5.96. The molecule has 0 aliphatic carbocycles. The van der Waals surface area contributed by atoms with E-state index in [1.165, 1.54) is 5.56 Å². The van der Waals surface area contributed by atoms with Crippen LogP contribution in [0.4, 0.5) is 0 Å². The molecule has 2 fully saturated rings. The Morgan fingerprint density at radius 3 is 2.47 bits per heavy atom. The van der Waals surface area contributed by atoms with E-state index < -0.39 is 0 Å². The predicted octanol–water partition coefficient (Wildman–Crippen LogP) is 2.40. The molecule has 1 amide bonds. The zero-order chi connectivity index (χ0) is 13.6. The van der Waals surface area contributed by atoms with Gasteiger partial charge in [0.15, 0.2) is 0 Å². The van der Waals surface area contributed by atoms with Gasteiger partial charge in [-0.1, -0.05) is 12.1 Å². The van der Waals surface area contributed by atoms with Crippen LogP contribution < -0.4 is 5.73 Å². The third-order valence-corrected chi connectivity index (χ3v) is 4.84. The normalized spacial score (nSPS) is 29.6. The fourth-order valence-electron chi connectivity index (χ4n) is 3.67. The maximum atomic E-state index is 12.8. The first-order valence-electron chi connectivity index (χ1n) is 7.22. The number of fused-ring (bicyclic) bond motifs is 2. The lowest BCUT2D eigenvalue weighted by molar-refractivity contribution is 0.0574. The van der Waals surface area contributed by atoms with Gasteiger partial charge in [-0.05, 0) is 56.7 Å². The number of amides is 1. The fraction of sp³-hybridized carbons (Fsp3) is 0.562. The molecule has 102 valence electrons. The van der Waals surface area contributed by atoms with Gasteiger partial charge in [-0.15, -0.1) is 0 Å². The molecule has 19 heavy (non-hydrogen) atoms. The van der Waals surface area contributed by atoms with Crippen molar-refractivity contribution >= 4 is 5.91 Å². The van der Waals surface area contributed by atoms with Gasteiger partial charge in [0.25, 0.3) is 5.91 Å². The zero-order valence-corrected chi connectivity index (χ0v) is 11.7. The number of piperidine rings is 1. The summed E-state index contributed by atoms with van der Waals surface area (Å²) in [6.45, 7) is 4.10. The summed E-state index contributed by atoms with van der Waals surface area (Å²) in [5, 5.41) is 0. The molecule has 2 heterocycles. The SMILES string of the molecule is Cc1cccc(C(=O)N2C3CCC2CC(N)C3)c1C. The minimum Gasteiger partial charge on any atom is -0.333 e. The summed E-state index contributed by atoms with van der Waals surface area (Å²) in [4.78, 5) is 14.9. The molecular weight excluding hydrogens is 236 g/mol. The summed E-state index contributed by atoms with van der Waals surface area (Å²) in [5.74, 6) is 0.209. The van der Waals surface area contributed by atoms with Gasteiger partial charge in [0, 0.05) is 23.7 Å². The van der Waals surface area contributed by atoms with E-state index in [0.29, 0.717) is 12.1 Å². The van der Waals surface area contributed by atoms with Crippen molar-refractivity contribution in [3.8, 4) is 0 Å². The number of hydrogen-bond donors (Lipinski definition) is 1. The van der Waals surface area contributed by atoms with E-state index in [-0.39, 0.29) is 11.9 Å². The van der Waals surface area contributed by atoms with Gasteiger partial charge >= 0.3 is 0 Å². The molecule has 1 aromatic carbocycles. The highest BCUT2D eigenvalue weighted by atomic mass is 16.2. The molecule has 0 saturated carbocycles. The highest BCUT2D eigenvalue weighted by Gasteiger charge is 2.42. The molecule has 3 heteroatoms. The molecule has 0 radical (unpaired) electrons. The Morgan fingerprint density at radius 2 is 1.84 bits per heavy atom. The van der Waals surface area contributed by atoms with Gasteiger partial charge < -0.3 is 10.6 Å². The molecule has 0 spiro atoms. The van der Waals surface area contributed by atoms with Crippen molar-refractivity contribution in [3.05, 3.63) is 34.9 Å². The summed E-state index contributed by atoms with van der Waals surface area (Å²) >= 11 is 0. The molecule has 1 aromatic rings. The van der Waals surface area contributed by atoms with Crippen molar-refractivity contribution in [1.82, 2.24) is 4.90 Å². The second kappa shape index (κ2) is 4.64. The lowest BCUT2D eigenvalue weighted by Gasteiger charge is -2.38. The van der Waals surface area contributed by atoms with E-state index in [2.05, 4.69) is 17.9 Å². The first kappa shape index (κ1) is 12.7. The number of benzene rings is 1. The van der Waals surface area contributed by atoms with Crippen molar-refractivity contribution in [1.29, 1.82) is 0 Å². The Bertz CT molecular complexity index is 497. The van der Waals surface area contributed by atoms with Crippen LogP contribution in [0.25, 0.3) is 0 Å². The van der Waals surface area contributed by atoms with E-state index in [9.17, 15) is 4.79 Å². The van der Waals surface area contributed by atoms with Crippen LogP contribution in [0.5, 0.6) is 0 Å². The molecule has 2 atom stereocenters. The number of nitrogens with two attached hydrogens (primary N) is 1. The summed E-state index contributed by atoms with van der Waals surface area (Å²) in [5.41, 5.74) is 9.24. The maximum absolute atomic E-state index is 12.8. The molecule has 2 saturated heterocycles. The quantitative estimate of drug-likeness (QED) is 0.840. The first-order valence-corrected chi connectivity index (χ1v) is 7.22. The molecule has 3 rings (SSSR count). The lowest BCUT2D eigenvalue weighted by Crippen LogP contribution is -2.50. The monoisotopic (exact) mass is 258 g/mol. The fourth-order valence-corrected chi connectivity index (χ4v) is 3.67. The Kier molecular flexibility index (Phi) is 3.09. The van der Waals surface area contributed by atoms with Gasteiger partial charge in [0.05, 0.1) is 0 Å². The molecule has 2 unspecified atom stereocenters. The van der Waals surface area contributed by atoms with Crippen LogP contribution in [0.2, 0.25) is 0 Å². The molecule has 2 N–H and O–H groups in total. The molecular formula is C16H22N2O. The van der Waals surface area contributed by atoms with E-state index in [0.717, 1.165) is 36.8 Å². The van der Waals surface area contributed by atoms with Crippen molar-refractivity contribution in [3.63, 3.8) is 0 Å². The molecule has 2 bridgehead atoms. The molecule has 0 aromatic heterocycles. The topological polar surface area (TPSA) is 46.3 Å². The molecule has 3 nitrogen and oxygen atoms in total. The van der Waals surface area contributed by atoms with Gasteiger partial charge in [-0.2, -0.15) is 0 Å². The van der Waals surface area contributed by atoms with Crippen LogP contribution in [-0.2, 0) is 0 Å². The van der Waals surface area contributed by atoms with Crippen molar-refractivity contribution in [2.75, 3.05) is 0 Å². The summed E-state index contributed by atoms with van der Waals surface area (Å²) in [6.07, 6.45) is 4.17. The van der Waals surface area contributed by atoms with E-state index >= 15 is 0 Å². The van der Waals surface area contributed by atoms with Gasteiger partial charge in [-0.3, -0.25) is 4.79 Å². The minimum atomic E-state index is 0.209. The Labute approximate surface area is 114 Å². The van der Waals surface area contributed by atoms with Crippen LogP contribution in [0.1, 0.15) is 47.2 Å². The van der Waals surface area contributed by atoms with Crippen LogP contribution in [-0.4, -0.2) is 28.9 Å². The predicted molar refractivity (Wildman–Crippen MR) is 76.1 cm³/mol. The van der Waals surface area contributed by atoms with E-state index in [1.807, 2.05) is 19.1 Å². The third kappa shape index (κ3) is 2.06. The second-order valence-corrected chi connectivity index (χ2v) is 6.08. The standard InChI is InChI=1S/C16H22N2O/c1-10-4-3-5-15(11(10)2)16(19)18-13-6-7-14(18)9-12(17)8-13/h3-5,12-14H,6-9,17H2,1-2H3. The smallest absolute Gasteiger partial charge is 0.254 e. The van der Waals surface area contributed by atoms with Crippen LogP contribution >= 0.6 is 0 Å². The number of carbonyl (C=O) groups is 1. The van der Waals surface area contributed by atoms with Crippen molar-refractivity contribution in [2.45, 2.75) is 57.7 Å². The summed E-state index contributed by atoms with van der Waals surface area (Å²) in [7, 11) is 0. The second-order valence-electron chi connectivity index (χ2n) is 6.08. The van der Waals surface area contributed by atoms with Crippen LogP contribution in [0.15, 0.2) is 18.2 Å². The summed E-state index contributed by atoms with van der Waals surface area (Å²) in [6, 6.07) is 7.00. The lowest BCUT2D eigenvalue weighted by atomic mass is 9.95. The van der Waals surface area contributed by atoms with E-state index in [4.69, 9.17) is 5.73 Å². The average molecular weight is 258 g/mol. The Hall–Kier alpha value is -1.35. The van der Waals surface area contributed by atoms with Crippen molar-refractivity contribution in [2.24, 2.45) is 5.73 Å². The third-order valence-electron chi connectivity index (χ3n) is 4.84. The van der Waals surface area contributed by atoms with Crippen LogP contribution in [0, 0.1) is 13.8 Å². The first-order chi connectivity index (χ1) is 9.08. The van der Waals surface area contributed by atoms with Crippen molar-refractivity contribution < 1.29 is 4.79 Å². The average Bonchev–Trinajstić information content (AvgIpc) is 2.64. The number of rotatable bonds is 1. The maximum Gasteiger partial charge on any atom is 0.254 e. The zero-order valence-electron chi connectivity index (χ0n) is 11.7. The number of hydrogen-bond acceptors (Lipinski definition) is 2. The Morgan fingerprint density at radius 1 is 1.21 bits per heavy atom. The highest BCUT2D eigenvalue weighted by Crippen LogP contribution is 2.36. The summed E-state index contributed by atoms with van der Waals surface area (Å²) < 4.78 is 0. The largest absolute Gasteiger partial charge is 0.333 e. The van der Waals surface area contributed by atoms with Crippen LogP contribution in [0.3, 0.4) is 0 Å². The number of nitrogens with zero attached hydrogens (tertiary/aromatic N) is 1. The number of aryl methyl sites for hydroxylation is 1. The van der Waals surface area contributed by atoms with Gasteiger partial charge in [0.2, 0.25) is 0 Å². The van der Waals surface area contributed by atoms with E-state index in [1.54, 1.807) is 0 Å². The molecule has 2 aliphatic heterocycles. The van der Waals surface area contributed by atoms with Gasteiger partial charge in [-0.25, -0.2) is 0 Å². The molecule has 2 aliphatic rings. The van der Waals surface area contributed by atoms with Gasteiger partial charge in [0.1, 0.15) is 0 Å². The minimum absolute atomic E-state index is 0.209. The Balaban J connectivity index is 1.91.